The van der Waals surface area contributed by atoms with Gasteiger partial charge in [-0.1, -0.05) is 18.2 Å². The molecule has 0 aliphatic carbocycles. The molecule has 0 bridgehead atoms. The van der Waals surface area contributed by atoms with Crippen LogP contribution in [-0.2, 0) is 6.54 Å². The highest BCUT2D eigenvalue weighted by Gasteiger charge is 2.22. The van der Waals surface area contributed by atoms with Gasteiger partial charge in [-0.25, -0.2) is 4.98 Å². The molecule has 4 rings (SSSR count). The van der Waals surface area contributed by atoms with E-state index in [1.807, 2.05) is 0 Å². The highest BCUT2D eigenvalue weighted by atomic mass is 16.5. The Morgan fingerprint density at radius 3 is 2.69 bits per heavy atom. The third-order valence-electron chi connectivity index (χ3n) is 4.33. The van der Waals surface area contributed by atoms with E-state index in [-0.39, 0.29) is 18.1 Å². The molecule has 4 aromatic rings. The minimum absolute atomic E-state index is 0.0923. The van der Waals surface area contributed by atoms with Crippen LogP contribution in [0.3, 0.4) is 0 Å². The zero-order chi connectivity index (χ0) is 20.2. The molecule has 0 saturated carbocycles. The number of hydrogen-bond acceptors (Lipinski definition) is 5. The molecule has 0 aliphatic heterocycles. The van der Waals surface area contributed by atoms with Gasteiger partial charge in [-0.15, -0.1) is 0 Å². The number of carbonyl (C=O) groups is 2. The molecule has 29 heavy (non-hydrogen) atoms. The summed E-state index contributed by atoms with van der Waals surface area (Å²) in [5, 5.41) is 5.54. The van der Waals surface area contributed by atoms with E-state index in [1.54, 1.807) is 65.2 Å². The van der Waals surface area contributed by atoms with Gasteiger partial charge in [0.2, 0.25) is 5.82 Å². The molecule has 3 heterocycles. The van der Waals surface area contributed by atoms with Crippen molar-refractivity contribution in [3.05, 3.63) is 84.3 Å². The molecule has 0 atom stereocenters. The maximum Gasteiger partial charge on any atom is 0.292 e. The van der Waals surface area contributed by atoms with Crippen molar-refractivity contribution in [2.45, 2.75) is 6.54 Å². The highest BCUT2D eigenvalue weighted by Crippen LogP contribution is 2.24. The Morgan fingerprint density at radius 1 is 1.07 bits per heavy atom. The van der Waals surface area contributed by atoms with Gasteiger partial charge >= 0.3 is 0 Å². The Balaban J connectivity index is 1.63. The fourth-order valence-electron chi connectivity index (χ4n) is 2.96. The molecule has 0 unspecified atom stereocenters. The molecule has 1 aromatic carbocycles. The van der Waals surface area contributed by atoms with Crippen LogP contribution >= 0.6 is 0 Å². The molecule has 8 nitrogen and oxygen atoms in total. The predicted octanol–water partition coefficient (Wildman–Crippen LogP) is 3.12. The number of carbonyl (C=O) groups excluding carboxylic acids is 2. The maximum absolute atomic E-state index is 12.9. The van der Waals surface area contributed by atoms with Crippen molar-refractivity contribution in [3.8, 4) is 5.75 Å². The van der Waals surface area contributed by atoms with Gasteiger partial charge in [0.25, 0.3) is 11.8 Å². The van der Waals surface area contributed by atoms with Crippen LogP contribution in [0.25, 0.3) is 5.52 Å². The lowest BCUT2D eigenvalue weighted by Crippen LogP contribution is -2.23. The van der Waals surface area contributed by atoms with E-state index in [1.165, 1.54) is 13.4 Å². The van der Waals surface area contributed by atoms with Gasteiger partial charge in [0.15, 0.2) is 5.69 Å². The Labute approximate surface area is 166 Å². The Morgan fingerprint density at radius 2 is 1.90 bits per heavy atom. The SMILES string of the molecule is COc1ccccc1NC(=O)c1nc(C(=O)NCc2ccco2)c2ccccn12. The third kappa shape index (κ3) is 3.68. The first kappa shape index (κ1) is 18.3. The number of rotatable bonds is 6. The molecule has 0 fully saturated rings. The molecule has 8 heteroatoms. The first-order valence-electron chi connectivity index (χ1n) is 8.89. The fourth-order valence-corrected chi connectivity index (χ4v) is 2.96. The molecule has 0 saturated heterocycles. The minimum atomic E-state index is -0.458. The van der Waals surface area contributed by atoms with Crippen molar-refractivity contribution in [1.29, 1.82) is 0 Å². The number of ether oxygens (including phenoxy) is 1. The average Bonchev–Trinajstić information content (AvgIpc) is 3.40. The van der Waals surface area contributed by atoms with E-state index in [9.17, 15) is 9.59 Å². The lowest BCUT2D eigenvalue weighted by atomic mass is 10.3. The zero-order valence-electron chi connectivity index (χ0n) is 15.6. The number of amides is 2. The lowest BCUT2D eigenvalue weighted by Gasteiger charge is -2.09. The van der Waals surface area contributed by atoms with E-state index in [2.05, 4.69) is 15.6 Å². The van der Waals surface area contributed by atoms with Crippen molar-refractivity contribution < 1.29 is 18.7 Å². The van der Waals surface area contributed by atoms with Gasteiger partial charge in [0.05, 0.1) is 31.1 Å². The Hall–Kier alpha value is -4.07. The van der Waals surface area contributed by atoms with Crippen LogP contribution in [0.5, 0.6) is 5.75 Å². The molecular formula is C21H18N4O4. The van der Waals surface area contributed by atoms with Crippen molar-refractivity contribution in [2.75, 3.05) is 12.4 Å². The van der Waals surface area contributed by atoms with Crippen molar-refractivity contribution in [2.24, 2.45) is 0 Å². The van der Waals surface area contributed by atoms with Crippen LogP contribution < -0.4 is 15.4 Å². The monoisotopic (exact) mass is 390 g/mol. The summed E-state index contributed by atoms with van der Waals surface area (Å²) in [4.78, 5) is 29.9. The van der Waals surface area contributed by atoms with E-state index in [0.29, 0.717) is 22.7 Å². The van der Waals surface area contributed by atoms with Gasteiger partial charge in [-0.3, -0.25) is 14.0 Å². The second-order valence-corrected chi connectivity index (χ2v) is 6.16. The smallest absolute Gasteiger partial charge is 0.292 e. The summed E-state index contributed by atoms with van der Waals surface area (Å²) in [5.41, 5.74) is 1.19. The molecule has 3 aromatic heterocycles. The summed E-state index contributed by atoms with van der Waals surface area (Å²) in [6.45, 7) is 0.223. The molecule has 0 aliphatic rings. The lowest BCUT2D eigenvalue weighted by molar-refractivity contribution is 0.0945. The number of imidazole rings is 1. The van der Waals surface area contributed by atoms with Crippen LogP contribution in [0.2, 0.25) is 0 Å². The summed E-state index contributed by atoms with van der Waals surface area (Å²) in [6, 6.07) is 15.8. The van der Waals surface area contributed by atoms with Crippen molar-refractivity contribution in [3.63, 3.8) is 0 Å². The molecule has 2 amide bonds. The topological polar surface area (TPSA) is 97.9 Å². The number of nitrogens with zero attached hydrogens (tertiary/aromatic N) is 2. The summed E-state index contributed by atoms with van der Waals surface area (Å²) in [7, 11) is 1.53. The number of furan rings is 1. The van der Waals surface area contributed by atoms with Gasteiger partial charge in [-0.2, -0.15) is 0 Å². The molecule has 0 spiro atoms. The highest BCUT2D eigenvalue weighted by molar-refractivity contribution is 6.06. The van der Waals surface area contributed by atoms with Crippen LogP contribution in [-0.4, -0.2) is 28.3 Å². The van der Waals surface area contributed by atoms with E-state index >= 15 is 0 Å². The number of methoxy groups -OCH3 is 1. The molecule has 2 N–H and O–H groups in total. The van der Waals surface area contributed by atoms with Crippen LogP contribution in [0.1, 0.15) is 26.9 Å². The predicted molar refractivity (Wildman–Crippen MR) is 106 cm³/mol. The number of anilines is 1. The maximum atomic E-state index is 12.9. The van der Waals surface area contributed by atoms with Gasteiger partial charge in [0.1, 0.15) is 11.5 Å². The number of para-hydroxylation sites is 2. The number of aromatic nitrogens is 2. The van der Waals surface area contributed by atoms with Crippen molar-refractivity contribution in [1.82, 2.24) is 14.7 Å². The van der Waals surface area contributed by atoms with E-state index < -0.39 is 11.8 Å². The average molecular weight is 390 g/mol. The Kier molecular flexibility index (Phi) is 4.98. The summed E-state index contributed by atoms with van der Waals surface area (Å²) >= 11 is 0. The minimum Gasteiger partial charge on any atom is -0.495 e. The standard InChI is InChI=1S/C21H18N4O4/c1-28-17-10-3-2-8-15(17)23-21(27)19-24-18(16-9-4-5-11-25(16)19)20(26)22-13-14-7-6-12-29-14/h2-12H,13H2,1H3,(H,22,26)(H,23,27). The number of benzene rings is 1. The van der Waals surface area contributed by atoms with Crippen LogP contribution in [0.15, 0.2) is 71.5 Å². The Bertz CT molecular complexity index is 1160. The quantitative estimate of drug-likeness (QED) is 0.527. The number of pyridine rings is 1. The largest absolute Gasteiger partial charge is 0.495 e. The van der Waals surface area contributed by atoms with E-state index in [0.717, 1.165) is 0 Å². The second kappa shape index (κ2) is 7.89. The number of fused-ring (bicyclic) bond motifs is 1. The van der Waals surface area contributed by atoms with Gasteiger partial charge in [-0.05, 0) is 36.4 Å². The van der Waals surface area contributed by atoms with Crippen LogP contribution in [0, 0.1) is 0 Å². The van der Waals surface area contributed by atoms with E-state index in [4.69, 9.17) is 9.15 Å². The molecule has 0 radical (unpaired) electrons. The third-order valence-corrected chi connectivity index (χ3v) is 4.33. The zero-order valence-corrected chi connectivity index (χ0v) is 15.6. The molecular weight excluding hydrogens is 372 g/mol. The van der Waals surface area contributed by atoms with Gasteiger partial charge in [0, 0.05) is 6.20 Å². The summed E-state index contributed by atoms with van der Waals surface area (Å²) < 4.78 is 12.1. The summed E-state index contributed by atoms with van der Waals surface area (Å²) in [5.74, 6) is 0.381. The number of nitrogens with one attached hydrogen (secondary N) is 2. The fraction of sp³-hybridized carbons (Fsp3) is 0.0952. The first-order chi connectivity index (χ1) is 14.2. The van der Waals surface area contributed by atoms with Crippen molar-refractivity contribution >= 4 is 23.0 Å². The normalized spacial score (nSPS) is 10.7. The summed E-state index contributed by atoms with van der Waals surface area (Å²) in [6.07, 6.45) is 3.22. The first-order valence-corrected chi connectivity index (χ1v) is 8.89. The number of hydrogen-bond donors (Lipinski definition) is 2. The second-order valence-electron chi connectivity index (χ2n) is 6.16. The van der Waals surface area contributed by atoms with Gasteiger partial charge < -0.3 is 19.8 Å². The van der Waals surface area contributed by atoms with Crippen LogP contribution in [0.4, 0.5) is 5.69 Å². The molecule has 146 valence electrons.